The average molecular weight is 442 g/mol. The van der Waals surface area contributed by atoms with Gasteiger partial charge in [-0.1, -0.05) is 17.7 Å². The molecule has 0 radical (unpaired) electrons. The van der Waals surface area contributed by atoms with Crippen molar-refractivity contribution in [3.8, 4) is 17.2 Å². The van der Waals surface area contributed by atoms with Crippen molar-refractivity contribution >= 4 is 23.2 Å². The number of aromatic nitrogens is 3. The first-order chi connectivity index (χ1) is 15.1. The number of benzene rings is 2. The molecule has 1 aliphatic heterocycles. The molecule has 1 atom stereocenters. The fourth-order valence-electron chi connectivity index (χ4n) is 3.98. The van der Waals surface area contributed by atoms with E-state index in [1.54, 1.807) is 43.4 Å². The van der Waals surface area contributed by atoms with Crippen LogP contribution in [0.1, 0.15) is 24.4 Å². The summed E-state index contributed by atoms with van der Waals surface area (Å²) in [5.41, 5.74) is 2.34. The molecule has 1 saturated heterocycles. The van der Waals surface area contributed by atoms with Gasteiger partial charge < -0.3 is 14.8 Å². The van der Waals surface area contributed by atoms with E-state index in [2.05, 4.69) is 20.3 Å². The lowest BCUT2D eigenvalue weighted by Crippen LogP contribution is -2.33. The number of ether oxygens (including phenoxy) is 2. The number of halogens is 1. The van der Waals surface area contributed by atoms with Crippen LogP contribution in [0.5, 0.6) is 11.5 Å². The van der Waals surface area contributed by atoms with Crippen LogP contribution in [0.4, 0.5) is 5.69 Å². The molecule has 0 saturated carbocycles. The second-order valence-corrected chi connectivity index (χ2v) is 7.72. The van der Waals surface area contributed by atoms with Crippen LogP contribution < -0.4 is 14.8 Å². The summed E-state index contributed by atoms with van der Waals surface area (Å²) in [5.74, 6) is 1.38. The predicted octanol–water partition coefficient (Wildman–Crippen LogP) is 3.71. The summed E-state index contributed by atoms with van der Waals surface area (Å²) in [7, 11) is 3.28. The van der Waals surface area contributed by atoms with Crippen molar-refractivity contribution in [1.29, 1.82) is 0 Å². The van der Waals surface area contributed by atoms with Crippen molar-refractivity contribution in [1.82, 2.24) is 19.7 Å². The predicted molar refractivity (Wildman–Crippen MR) is 118 cm³/mol. The van der Waals surface area contributed by atoms with Gasteiger partial charge in [-0.15, -0.1) is 0 Å². The van der Waals surface area contributed by atoms with Gasteiger partial charge in [-0.05, 0) is 43.7 Å². The summed E-state index contributed by atoms with van der Waals surface area (Å²) >= 11 is 6.16. The zero-order valence-electron chi connectivity index (χ0n) is 17.4. The number of likely N-dealkylation sites (tertiary alicyclic amines) is 1. The lowest BCUT2D eigenvalue weighted by atomic mass is 10.0. The summed E-state index contributed by atoms with van der Waals surface area (Å²) in [5, 5.41) is 7.66. The molecular weight excluding hydrogens is 418 g/mol. The molecule has 4 rings (SSSR count). The van der Waals surface area contributed by atoms with Crippen LogP contribution in [0.2, 0.25) is 5.02 Å². The average Bonchev–Trinajstić information content (AvgIpc) is 3.45. The Morgan fingerprint density at radius 1 is 1.23 bits per heavy atom. The van der Waals surface area contributed by atoms with Crippen molar-refractivity contribution in [2.45, 2.75) is 18.9 Å². The minimum absolute atomic E-state index is 0.0979. The number of rotatable bonds is 7. The third kappa shape index (κ3) is 4.65. The zero-order chi connectivity index (χ0) is 21.8. The summed E-state index contributed by atoms with van der Waals surface area (Å²) in [6.45, 7) is 1.09. The molecule has 31 heavy (non-hydrogen) atoms. The number of nitrogens with one attached hydrogen (secondary N) is 1. The van der Waals surface area contributed by atoms with Gasteiger partial charge in [-0.3, -0.25) is 9.69 Å². The van der Waals surface area contributed by atoms with Gasteiger partial charge in [0.05, 0.1) is 32.1 Å². The molecule has 9 heteroatoms. The minimum atomic E-state index is -0.122. The highest BCUT2D eigenvalue weighted by Gasteiger charge is 2.30. The van der Waals surface area contributed by atoms with Gasteiger partial charge in [0.2, 0.25) is 5.91 Å². The maximum absolute atomic E-state index is 12.9. The first-order valence-electron chi connectivity index (χ1n) is 9.99. The molecule has 1 aliphatic rings. The molecule has 162 valence electrons. The normalized spacial score (nSPS) is 16.3. The first kappa shape index (κ1) is 21.1. The number of nitrogens with zero attached hydrogens (tertiary/aromatic N) is 4. The van der Waals surface area contributed by atoms with Crippen LogP contribution in [0, 0.1) is 0 Å². The zero-order valence-corrected chi connectivity index (χ0v) is 18.2. The van der Waals surface area contributed by atoms with E-state index in [-0.39, 0.29) is 18.5 Å². The van der Waals surface area contributed by atoms with E-state index in [0.29, 0.717) is 16.4 Å². The number of anilines is 1. The molecule has 2 heterocycles. The molecule has 1 unspecified atom stereocenters. The van der Waals surface area contributed by atoms with Crippen molar-refractivity contribution in [2.75, 3.05) is 32.6 Å². The number of carbonyl (C=O) groups is 1. The van der Waals surface area contributed by atoms with Crippen molar-refractivity contribution in [3.63, 3.8) is 0 Å². The Kier molecular flexibility index (Phi) is 6.39. The van der Waals surface area contributed by atoms with Crippen LogP contribution in [-0.2, 0) is 4.79 Å². The number of hydrogen-bond donors (Lipinski definition) is 1. The van der Waals surface area contributed by atoms with E-state index in [9.17, 15) is 4.79 Å². The summed E-state index contributed by atoms with van der Waals surface area (Å²) < 4.78 is 12.5. The molecule has 0 spiro atoms. The molecule has 1 fully saturated rings. The van der Waals surface area contributed by atoms with Crippen molar-refractivity contribution in [2.24, 2.45) is 0 Å². The van der Waals surface area contributed by atoms with Crippen LogP contribution in [0.15, 0.2) is 49.1 Å². The van der Waals surface area contributed by atoms with Crippen molar-refractivity contribution in [3.05, 3.63) is 59.6 Å². The van der Waals surface area contributed by atoms with Gasteiger partial charge in [0.25, 0.3) is 0 Å². The first-order valence-corrected chi connectivity index (χ1v) is 10.4. The van der Waals surface area contributed by atoms with E-state index in [1.165, 1.54) is 6.33 Å². The smallest absolute Gasteiger partial charge is 0.238 e. The number of amides is 1. The minimum Gasteiger partial charge on any atom is -0.497 e. The largest absolute Gasteiger partial charge is 0.497 e. The molecule has 0 bridgehead atoms. The monoisotopic (exact) mass is 441 g/mol. The van der Waals surface area contributed by atoms with Crippen LogP contribution in [0.25, 0.3) is 5.69 Å². The fourth-order valence-corrected chi connectivity index (χ4v) is 4.15. The lowest BCUT2D eigenvalue weighted by molar-refractivity contribution is -0.117. The van der Waals surface area contributed by atoms with E-state index < -0.39 is 0 Å². The Bertz CT molecular complexity index is 1060. The Morgan fingerprint density at radius 3 is 2.84 bits per heavy atom. The molecule has 1 aromatic heterocycles. The molecule has 2 aromatic carbocycles. The second-order valence-electron chi connectivity index (χ2n) is 7.29. The molecule has 0 aliphatic carbocycles. The Hall–Kier alpha value is -3.10. The van der Waals surface area contributed by atoms with Crippen molar-refractivity contribution < 1.29 is 14.3 Å². The van der Waals surface area contributed by atoms with E-state index in [0.717, 1.165) is 36.4 Å². The lowest BCUT2D eigenvalue weighted by Gasteiger charge is -2.26. The van der Waals surface area contributed by atoms with E-state index >= 15 is 0 Å². The van der Waals surface area contributed by atoms with Gasteiger partial charge >= 0.3 is 0 Å². The SMILES string of the molecule is COc1ccc(C2CCCN2CC(=O)Nc2cc(Cl)ccc2-n2cncn2)c(OC)c1. The van der Waals surface area contributed by atoms with Gasteiger partial charge in [-0.2, -0.15) is 5.10 Å². The van der Waals surface area contributed by atoms with Gasteiger partial charge in [0, 0.05) is 22.7 Å². The summed E-state index contributed by atoms with van der Waals surface area (Å²) in [6, 6.07) is 11.2. The highest BCUT2D eigenvalue weighted by molar-refractivity contribution is 6.31. The highest BCUT2D eigenvalue weighted by atomic mass is 35.5. The molecule has 1 N–H and O–H groups in total. The second kappa shape index (κ2) is 9.36. The standard InChI is InChI=1S/C22H24ClN5O3/c1-30-16-6-7-17(21(11-16)31-2)19-4-3-9-27(19)12-22(29)26-18-10-15(23)5-8-20(18)28-14-24-13-25-28/h5-8,10-11,13-14,19H,3-4,9,12H2,1-2H3,(H,26,29). The third-order valence-corrected chi connectivity index (χ3v) is 5.64. The number of carbonyl (C=O) groups excluding carboxylic acids is 1. The summed E-state index contributed by atoms with van der Waals surface area (Å²) in [6.07, 6.45) is 4.98. The maximum Gasteiger partial charge on any atom is 0.238 e. The summed E-state index contributed by atoms with van der Waals surface area (Å²) in [4.78, 5) is 19.1. The number of methoxy groups -OCH3 is 2. The van der Waals surface area contributed by atoms with Crippen LogP contribution in [-0.4, -0.2) is 52.9 Å². The Morgan fingerprint density at radius 2 is 2.10 bits per heavy atom. The topological polar surface area (TPSA) is 81.5 Å². The van der Waals surface area contributed by atoms with Gasteiger partial charge in [0.1, 0.15) is 24.2 Å². The maximum atomic E-state index is 12.9. The van der Waals surface area contributed by atoms with Gasteiger partial charge in [0.15, 0.2) is 0 Å². The molecule has 3 aromatic rings. The molecule has 8 nitrogen and oxygen atoms in total. The Labute approximate surface area is 185 Å². The fraction of sp³-hybridized carbons (Fsp3) is 0.318. The Balaban J connectivity index is 1.51. The van der Waals surface area contributed by atoms with Crippen LogP contribution in [0.3, 0.4) is 0 Å². The van der Waals surface area contributed by atoms with E-state index in [1.807, 2.05) is 18.2 Å². The van der Waals surface area contributed by atoms with Gasteiger partial charge in [-0.25, -0.2) is 9.67 Å². The van der Waals surface area contributed by atoms with E-state index in [4.69, 9.17) is 21.1 Å². The quantitative estimate of drug-likeness (QED) is 0.602. The van der Waals surface area contributed by atoms with Crippen LogP contribution >= 0.6 is 11.6 Å². The number of hydrogen-bond acceptors (Lipinski definition) is 6. The highest BCUT2D eigenvalue weighted by Crippen LogP contribution is 2.38. The third-order valence-electron chi connectivity index (χ3n) is 5.41. The molecular formula is C22H24ClN5O3. The molecule has 1 amide bonds.